The molecule has 0 unspecified atom stereocenters. The lowest BCUT2D eigenvalue weighted by molar-refractivity contribution is 0.685. The lowest BCUT2D eigenvalue weighted by atomic mass is 9.97. The number of aromatic nitrogens is 3. The molecular formula is C13H16N4. The van der Waals surface area contributed by atoms with E-state index in [1.165, 1.54) is 29.7 Å². The van der Waals surface area contributed by atoms with Crippen LogP contribution < -0.4 is 5.32 Å². The van der Waals surface area contributed by atoms with Gasteiger partial charge in [-0.15, -0.1) is 5.10 Å². The first kappa shape index (κ1) is 10.3. The van der Waals surface area contributed by atoms with Crippen molar-refractivity contribution in [2.24, 2.45) is 7.05 Å². The highest BCUT2D eigenvalue weighted by Gasteiger charge is 2.13. The molecule has 1 N–H and O–H groups in total. The first-order valence-corrected chi connectivity index (χ1v) is 6.03. The first-order valence-electron chi connectivity index (χ1n) is 6.03. The predicted molar refractivity (Wildman–Crippen MR) is 67.1 cm³/mol. The van der Waals surface area contributed by atoms with Gasteiger partial charge in [0.05, 0.1) is 11.9 Å². The zero-order valence-corrected chi connectivity index (χ0v) is 9.98. The SMILES string of the molecule is Cn1nncc1Cc1cccc2c1NCCC2. The third-order valence-electron chi connectivity index (χ3n) is 3.34. The van der Waals surface area contributed by atoms with E-state index in [0.717, 1.165) is 18.7 Å². The average Bonchev–Trinajstić information content (AvgIpc) is 2.76. The van der Waals surface area contributed by atoms with E-state index in [2.05, 4.69) is 33.8 Å². The van der Waals surface area contributed by atoms with Gasteiger partial charge in [-0.2, -0.15) is 0 Å². The lowest BCUT2D eigenvalue weighted by Gasteiger charge is -2.21. The maximum Gasteiger partial charge on any atom is 0.0728 e. The summed E-state index contributed by atoms with van der Waals surface area (Å²) in [4.78, 5) is 0. The van der Waals surface area contributed by atoms with Gasteiger partial charge in [-0.05, 0) is 24.0 Å². The van der Waals surface area contributed by atoms with E-state index in [1.54, 1.807) is 0 Å². The maximum atomic E-state index is 3.97. The summed E-state index contributed by atoms with van der Waals surface area (Å²) in [5, 5.41) is 11.4. The summed E-state index contributed by atoms with van der Waals surface area (Å²) in [6.07, 6.45) is 5.13. The molecule has 17 heavy (non-hydrogen) atoms. The molecule has 1 aromatic carbocycles. The highest BCUT2D eigenvalue weighted by atomic mass is 15.4. The molecule has 0 radical (unpaired) electrons. The van der Waals surface area contributed by atoms with Crippen molar-refractivity contribution in [2.75, 3.05) is 11.9 Å². The molecule has 0 spiro atoms. The summed E-state index contributed by atoms with van der Waals surface area (Å²) in [5.41, 5.74) is 5.24. The first-order chi connectivity index (χ1) is 8.34. The Kier molecular flexibility index (Phi) is 2.55. The molecule has 0 saturated heterocycles. The van der Waals surface area contributed by atoms with Gasteiger partial charge in [0, 0.05) is 25.7 Å². The molecule has 0 saturated carbocycles. The van der Waals surface area contributed by atoms with E-state index in [0.29, 0.717) is 0 Å². The van der Waals surface area contributed by atoms with Crippen LogP contribution >= 0.6 is 0 Å². The number of aryl methyl sites for hydroxylation is 2. The normalized spacial score (nSPS) is 14.2. The molecule has 4 nitrogen and oxygen atoms in total. The van der Waals surface area contributed by atoms with Gasteiger partial charge in [-0.1, -0.05) is 23.4 Å². The van der Waals surface area contributed by atoms with Crippen LogP contribution in [-0.4, -0.2) is 21.5 Å². The van der Waals surface area contributed by atoms with Crippen molar-refractivity contribution in [3.8, 4) is 0 Å². The molecule has 0 aliphatic carbocycles. The summed E-state index contributed by atoms with van der Waals surface area (Å²) < 4.78 is 1.84. The Hall–Kier alpha value is -1.84. The Morgan fingerprint density at radius 3 is 3.18 bits per heavy atom. The van der Waals surface area contributed by atoms with Crippen LogP contribution in [-0.2, 0) is 19.9 Å². The largest absolute Gasteiger partial charge is 0.385 e. The summed E-state index contributed by atoms with van der Waals surface area (Å²) in [6, 6.07) is 6.54. The van der Waals surface area contributed by atoms with E-state index >= 15 is 0 Å². The molecule has 88 valence electrons. The number of hydrogen-bond acceptors (Lipinski definition) is 3. The molecule has 2 aromatic rings. The fraction of sp³-hybridized carbons (Fsp3) is 0.385. The predicted octanol–water partition coefficient (Wildman–Crippen LogP) is 1.76. The molecule has 1 aromatic heterocycles. The third-order valence-corrected chi connectivity index (χ3v) is 3.34. The van der Waals surface area contributed by atoms with Crippen LogP contribution in [0.15, 0.2) is 24.4 Å². The Morgan fingerprint density at radius 1 is 1.41 bits per heavy atom. The summed E-state index contributed by atoms with van der Waals surface area (Å²) in [7, 11) is 1.94. The number of anilines is 1. The van der Waals surface area contributed by atoms with Gasteiger partial charge in [0.1, 0.15) is 0 Å². The van der Waals surface area contributed by atoms with Gasteiger partial charge in [0.25, 0.3) is 0 Å². The summed E-state index contributed by atoms with van der Waals surface area (Å²) >= 11 is 0. The third kappa shape index (κ3) is 1.90. The van der Waals surface area contributed by atoms with Crippen LogP contribution in [0.5, 0.6) is 0 Å². The number of rotatable bonds is 2. The second-order valence-electron chi connectivity index (χ2n) is 4.51. The van der Waals surface area contributed by atoms with Crippen molar-refractivity contribution in [1.29, 1.82) is 0 Å². The zero-order chi connectivity index (χ0) is 11.7. The number of benzene rings is 1. The van der Waals surface area contributed by atoms with Gasteiger partial charge in [-0.3, -0.25) is 4.68 Å². The minimum Gasteiger partial charge on any atom is -0.385 e. The van der Waals surface area contributed by atoms with Gasteiger partial charge in [0.15, 0.2) is 0 Å². The lowest BCUT2D eigenvalue weighted by Crippen LogP contribution is -2.14. The number of fused-ring (bicyclic) bond motifs is 1. The smallest absolute Gasteiger partial charge is 0.0728 e. The fourth-order valence-corrected chi connectivity index (χ4v) is 2.39. The monoisotopic (exact) mass is 228 g/mol. The topological polar surface area (TPSA) is 42.7 Å². The highest BCUT2D eigenvalue weighted by molar-refractivity contribution is 5.60. The van der Waals surface area contributed by atoms with E-state index in [9.17, 15) is 0 Å². The number of para-hydroxylation sites is 1. The average molecular weight is 228 g/mol. The van der Waals surface area contributed by atoms with Gasteiger partial charge in [0.2, 0.25) is 0 Å². The number of nitrogens with zero attached hydrogens (tertiary/aromatic N) is 3. The van der Waals surface area contributed by atoms with Gasteiger partial charge < -0.3 is 5.32 Å². The molecule has 1 aliphatic heterocycles. The molecule has 3 rings (SSSR count). The number of hydrogen-bond donors (Lipinski definition) is 1. The van der Waals surface area contributed by atoms with Crippen LogP contribution in [0.1, 0.15) is 23.2 Å². The van der Waals surface area contributed by atoms with E-state index < -0.39 is 0 Å². The van der Waals surface area contributed by atoms with E-state index in [1.807, 2.05) is 17.9 Å². The molecule has 0 amide bonds. The maximum absolute atomic E-state index is 3.97. The summed E-state index contributed by atoms with van der Waals surface area (Å²) in [6.45, 7) is 1.08. The summed E-state index contributed by atoms with van der Waals surface area (Å²) in [5.74, 6) is 0. The molecule has 1 aliphatic rings. The standard InChI is InChI=1S/C13H16N4/c1-17-12(9-15-16-17)8-11-5-2-4-10-6-3-7-14-13(10)11/h2,4-5,9,14H,3,6-8H2,1H3. The molecule has 0 bridgehead atoms. The molecule has 0 fully saturated rings. The molecule has 4 heteroatoms. The van der Waals surface area contributed by atoms with Crippen LogP contribution in [0.2, 0.25) is 0 Å². The van der Waals surface area contributed by atoms with Crippen LogP contribution in [0.4, 0.5) is 5.69 Å². The quantitative estimate of drug-likeness (QED) is 0.851. The Morgan fingerprint density at radius 2 is 2.35 bits per heavy atom. The Balaban J connectivity index is 1.95. The van der Waals surface area contributed by atoms with E-state index in [4.69, 9.17) is 0 Å². The second kappa shape index (κ2) is 4.20. The van der Waals surface area contributed by atoms with Crippen LogP contribution in [0, 0.1) is 0 Å². The fourth-order valence-electron chi connectivity index (χ4n) is 2.39. The van der Waals surface area contributed by atoms with Crippen molar-refractivity contribution in [3.05, 3.63) is 41.2 Å². The number of nitrogens with one attached hydrogen (secondary N) is 1. The van der Waals surface area contributed by atoms with E-state index in [-0.39, 0.29) is 0 Å². The Labute approximate surface area is 101 Å². The second-order valence-corrected chi connectivity index (χ2v) is 4.51. The van der Waals surface area contributed by atoms with Crippen molar-refractivity contribution >= 4 is 5.69 Å². The van der Waals surface area contributed by atoms with Crippen LogP contribution in [0.25, 0.3) is 0 Å². The molecule has 2 heterocycles. The van der Waals surface area contributed by atoms with Crippen molar-refractivity contribution in [1.82, 2.24) is 15.0 Å². The van der Waals surface area contributed by atoms with Crippen molar-refractivity contribution in [3.63, 3.8) is 0 Å². The Bertz CT molecular complexity index is 530. The highest BCUT2D eigenvalue weighted by Crippen LogP contribution is 2.27. The minimum absolute atomic E-state index is 0.889. The van der Waals surface area contributed by atoms with Gasteiger partial charge in [-0.25, -0.2) is 0 Å². The molecular weight excluding hydrogens is 212 g/mol. The van der Waals surface area contributed by atoms with Crippen molar-refractivity contribution in [2.45, 2.75) is 19.3 Å². The zero-order valence-electron chi connectivity index (χ0n) is 9.98. The molecule has 0 atom stereocenters. The van der Waals surface area contributed by atoms with Crippen LogP contribution in [0.3, 0.4) is 0 Å². The van der Waals surface area contributed by atoms with Crippen molar-refractivity contribution < 1.29 is 0 Å². The minimum atomic E-state index is 0.889. The van der Waals surface area contributed by atoms with Gasteiger partial charge >= 0.3 is 0 Å².